The highest BCUT2D eigenvalue weighted by Gasteiger charge is 2.31. The molecular weight excluding hydrogens is 224 g/mol. The van der Waals surface area contributed by atoms with E-state index in [2.05, 4.69) is 4.98 Å². The minimum absolute atomic E-state index is 0.0121. The number of rotatable bonds is 5. The number of ether oxygens (including phenoxy) is 1. The lowest BCUT2D eigenvalue weighted by molar-refractivity contribution is -0.385. The normalized spacial score (nSPS) is 14.4. The molecule has 1 saturated carbocycles. The monoisotopic (exact) mass is 236 g/mol. The van der Waals surface area contributed by atoms with Gasteiger partial charge in [0.05, 0.1) is 18.5 Å². The van der Waals surface area contributed by atoms with Crippen LogP contribution in [0.4, 0.5) is 5.69 Å². The number of carbonyl (C=O) groups is 1. The zero-order valence-electron chi connectivity index (χ0n) is 9.38. The Kier molecular flexibility index (Phi) is 3.03. The summed E-state index contributed by atoms with van der Waals surface area (Å²) in [4.78, 5) is 25.9. The van der Waals surface area contributed by atoms with E-state index in [1.54, 1.807) is 0 Å². The molecule has 0 unspecified atom stereocenters. The molecule has 0 bridgehead atoms. The van der Waals surface area contributed by atoms with Gasteiger partial charge in [-0.25, -0.2) is 4.98 Å². The highest BCUT2D eigenvalue weighted by Crippen LogP contribution is 2.32. The van der Waals surface area contributed by atoms with Crippen LogP contribution in [0.15, 0.2) is 12.1 Å². The lowest BCUT2D eigenvalue weighted by atomic mass is 10.1. The first-order chi connectivity index (χ1) is 8.11. The summed E-state index contributed by atoms with van der Waals surface area (Å²) in [5.74, 6) is 0.380. The predicted octanol–water partition coefficient (Wildman–Crippen LogP) is 1.52. The van der Waals surface area contributed by atoms with E-state index in [1.807, 2.05) is 0 Å². The van der Waals surface area contributed by atoms with E-state index in [0.717, 1.165) is 12.8 Å². The fraction of sp³-hybridized carbons (Fsp3) is 0.455. The lowest BCUT2D eigenvalue weighted by Gasteiger charge is -2.03. The number of hydrogen-bond donors (Lipinski definition) is 0. The van der Waals surface area contributed by atoms with Gasteiger partial charge in [0.2, 0.25) is 5.88 Å². The third-order valence-electron chi connectivity index (χ3n) is 2.70. The first-order valence-electron chi connectivity index (χ1n) is 5.33. The van der Waals surface area contributed by atoms with Crippen molar-refractivity contribution in [1.29, 1.82) is 0 Å². The number of Topliss-reactive ketones (excluding diaryl/α,β-unsaturated/α-hetero) is 1. The quantitative estimate of drug-likeness (QED) is 0.571. The number of ketones is 1. The molecule has 0 spiro atoms. The minimum Gasteiger partial charge on any atom is -0.481 e. The number of pyridine rings is 1. The Labute approximate surface area is 97.8 Å². The Morgan fingerprint density at radius 2 is 2.29 bits per heavy atom. The molecule has 6 nitrogen and oxygen atoms in total. The standard InChI is InChI=1S/C11H12N2O4/c1-17-11-5-4-9(13(15)16)8(12-11)6-10(14)7-2-3-7/h4-5,7H,2-3,6H2,1H3. The Morgan fingerprint density at radius 3 is 2.82 bits per heavy atom. The summed E-state index contributed by atoms with van der Waals surface area (Å²) >= 11 is 0. The van der Waals surface area contributed by atoms with Gasteiger partial charge < -0.3 is 4.74 Å². The number of carbonyl (C=O) groups excluding carboxylic acids is 1. The molecule has 0 N–H and O–H groups in total. The third kappa shape index (κ3) is 2.58. The Bertz CT molecular complexity index is 469. The van der Waals surface area contributed by atoms with Gasteiger partial charge in [0.15, 0.2) is 0 Å². The summed E-state index contributed by atoms with van der Waals surface area (Å²) in [7, 11) is 1.43. The van der Waals surface area contributed by atoms with E-state index in [4.69, 9.17) is 4.74 Å². The molecule has 1 aromatic rings. The molecular formula is C11H12N2O4. The molecule has 6 heteroatoms. The molecule has 0 aromatic carbocycles. The molecule has 1 fully saturated rings. The predicted molar refractivity (Wildman–Crippen MR) is 58.9 cm³/mol. The second kappa shape index (κ2) is 4.48. The molecule has 0 saturated heterocycles. The number of aromatic nitrogens is 1. The van der Waals surface area contributed by atoms with Crippen molar-refractivity contribution in [1.82, 2.24) is 4.98 Å². The fourth-order valence-electron chi connectivity index (χ4n) is 1.60. The largest absolute Gasteiger partial charge is 0.481 e. The maximum Gasteiger partial charge on any atom is 0.291 e. The second-order valence-electron chi connectivity index (χ2n) is 3.99. The smallest absolute Gasteiger partial charge is 0.291 e. The van der Waals surface area contributed by atoms with E-state index in [0.29, 0.717) is 0 Å². The van der Waals surface area contributed by atoms with Crippen LogP contribution >= 0.6 is 0 Å². The molecule has 0 aliphatic heterocycles. The van der Waals surface area contributed by atoms with Crippen molar-refractivity contribution in [3.05, 3.63) is 27.9 Å². The van der Waals surface area contributed by atoms with Gasteiger partial charge >= 0.3 is 0 Å². The topological polar surface area (TPSA) is 82.3 Å². The molecule has 0 radical (unpaired) electrons. The van der Waals surface area contributed by atoms with E-state index in [9.17, 15) is 14.9 Å². The van der Waals surface area contributed by atoms with E-state index < -0.39 is 4.92 Å². The van der Waals surface area contributed by atoms with Crippen LogP contribution in [0, 0.1) is 16.0 Å². The van der Waals surface area contributed by atoms with Crippen LogP contribution in [-0.4, -0.2) is 22.8 Å². The van der Waals surface area contributed by atoms with Crippen LogP contribution in [0.2, 0.25) is 0 Å². The van der Waals surface area contributed by atoms with Crippen molar-refractivity contribution in [2.75, 3.05) is 7.11 Å². The molecule has 1 aliphatic rings. The molecule has 2 rings (SSSR count). The maximum atomic E-state index is 11.6. The highest BCUT2D eigenvalue weighted by atomic mass is 16.6. The average Bonchev–Trinajstić information content (AvgIpc) is 3.12. The van der Waals surface area contributed by atoms with Crippen LogP contribution in [0.1, 0.15) is 18.5 Å². The number of hydrogen-bond acceptors (Lipinski definition) is 5. The van der Waals surface area contributed by atoms with Crippen molar-refractivity contribution in [2.24, 2.45) is 5.92 Å². The average molecular weight is 236 g/mol. The molecule has 1 heterocycles. The van der Waals surface area contributed by atoms with Gasteiger partial charge in [-0.15, -0.1) is 0 Å². The zero-order chi connectivity index (χ0) is 12.4. The van der Waals surface area contributed by atoms with Crippen molar-refractivity contribution in [3.8, 4) is 5.88 Å². The maximum absolute atomic E-state index is 11.6. The van der Waals surface area contributed by atoms with Gasteiger partial charge in [0.1, 0.15) is 11.5 Å². The Balaban J connectivity index is 2.27. The Morgan fingerprint density at radius 1 is 1.59 bits per heavy atom. The van der Waals surface area contributed by atoms with Crippen molar-refractivity contribution >= 4 is 11.5 Å². The summed E-state index contributed by atoms with van der Waals surface area (Å²) < 4.78 is 4.90. The van der Waals surface area contributed by atoms with Gasteiger partial charge in [-0.2, -0.15) is 0 Å². The first kappa shape index (κ1) is 11.5. The number of nitrogens with zero attached hydrogens (tertiary/aromatic N) is 2. The van der Waals surface area contributed by atoms with E-state index >= 15 is 0 Å². The summed E-state index contributed by atoms with van der Waals surface area (Å²) in [5.41, 5.74) is 0.0612. The van der Waals surface area contributed by atoms with Crippen LogP contribution in [0.25, 0.3) is 0 Å². The van der Waals surface area contributed by atoms with Crippen LogP contribution in [-0.2, 0) is 11.2 Å². The molecule has 0 atom stereocenters. The van der Waals surface area contributed by atoms with Crippen LogP contribution < -0.4 is 4.74 Å². The number of methoxy groups -OCH3 is 1. The SMILES string of the molecule is COc1ccc([N+](=O)[O-])c(CC(=O)C2CC2)n1. The zero-order valence-corrected chi connectivity index (χ0v) is 9.38. The summed E-state index contributed by atoms with van der Waals surface area (Å²) in [6.07, 6.45) is 1.78. The van der Waals surface area contributed by atoms with Crippen LogP contribution in [0.5, 0.6) is 5.88 Å². The molecule has 90 valence electrons. The van der Waals surface area contributed by atoms with Crippen molar-refractivity contribution in [3.63, 3.8) is 0 Å². The first-order valence-corrected chi connectivity index (χ1v) is 5.33. The van der Waals surface area contributed by atoms with Crippen molar-refractivity contribution < 1.29 is 14.5 Å². The van der Waals surface area contributed by atoms with Crippen LogP contribution in [0.3, 0.4) is 0 Å². The molecule has 0 amide bonds. The van der Waals surface area contributed by atoms with Gasteiger partial charge in [-0.05, 0) is 12.8 Å². The van der Waals surface area contributed by atoms with E-state index in [1.165, 1.54) is 19.2 Å². The molecule has 17 heavy (non-hydrogen) atoms. The summed E-state index contributed by atoms with van der Waals surface area (Å²) in [6, 6.07) is 2.74. The van der Waals surface area contributed by atoms with Gasteiger partial charge in [-0.1, -0.05) is 0 Å². The fourth-order valence-corrected chi connectivity index (χ4v) is 1.60. The lowest BCUT2D eigenvalue weighted by Crippen LogP contribution is -2.09. The third-order valence-corrected chi connectivity index (χ3v) is 2.70. The van der Waals surface area contributed by atoms with Gasteiger partial charge in [0, 0.05) is 18.1 Å². The minimum atomic E-state index is -0.526. The summed E-state index contributed by atoms with van der Waals surface area (Å²) in [5, 5.41) is 10.8. The van der Waals surface area contributed by atoms with Gasteiger partial charge in [-0.3, -0.25) is 14.9 Å². The highest BCUT2D eigenvalue weighted by molar-refractivity contribution is 5.85. The number of nitro groups is 1. The molecule has 1 aromatic heterocycles. The van der Waals surface area contributed by atoms with Crippen molar-refractivity contribution in [2.45, 2.75) is 19.3 Å². The second-order valence-corrected chi connectivity index (χ2v) is 3.99. The van der Waals surface area contributed by atoms with Gasteiger partial charge in [0.25, 0.3) is 5.69 Å². The summed E-state index contributed by atoms with van der Waals surface area (Å²) in [6.45, 7) is 0. The Hall–Kier alpha value is -1.98. The van der Waals surface area contributed by atoms with E-state index in [-0.39, 0.29) is 35.4 Å². The molecule has 1 aliphatic carbocycles.